The van der Waals surface area contributed by atoms with Crippen molar-refractivity contribution in [2.75, 3.05) is 0 Å². The van der Waals surface area contributed by atoms with Gasteiger partial charge in [0.1, 0.15) is 0 Å². The summed E-state index contributed by atoms with van der Waals surface area (Å²) in [5, 5.41) is 24.6. The molecule has 0 radical (unpaired) electrons. The first-order chi connectivity index (χ1) is 4.46. The topological polar surface area (TPSA) is 118 Å². The molecule has 3 atom stereocenters. The summed E-state index contributed by atoms with van der Waals surface area (Å²) in [6.07, 6.45) is -2.26. The Kier molecular flexibility index (Phi) is 23.7. The number of aliphatic hydroxyl groups excluding tert-OH is 2. The molecule has 0 amide bonds. The summed E-state index contributed by atoms with van der Waals surface area (Å²) in [6, 6.07) is 0. The van der Waals surface area contributed by atoms with Crippen LogP contribution in [0.5, 0.6) is 0 Å². The van der Waals surface area contributed by atoms with Crippen molar-refractivity contribution in [2.24, 2.45) is 0 Å². The molecule has 0 spiro atoms. The molecule has 0 aliphatic carbocycles. The fourth-order valence-electron chi connectivity index (χ4n) is 0.243. The van der Waals surface area contributed by atoms with Gasteiger partial charge in [0.25, 0.3) is 5.85 Å². The number of carboxylic acid groups (broad SMARTS) is 1. The third-order valence-electron chi connectivity index (χ3n) is 0.751. The van der Waals surface area contributed by atoms with Gasteiger partial charge in [0.15, 0.2) is 0 Å². The van der Waals surface area contributed by atoms with Crippen LogP contribution in [-0.4, -0.2) is 33.2 Å². The summed E-state index contributed by atoms with van der Waals surface area (Å²) in [5.74, 6) is -4.00. The Balaban J connectivity index is -0.0000000270. The smallest absolute Gasteiger partial charge is 1.00 e. The van der Waals surface area contributed by atoms with Gasteiger partial charge in [0.05, 0.1) is 0 Å². The molecule has 0 saturated carbocycles. The molecule has 0 aliphatic heterocycles. The van der Waals surface area contributed by atoms with Crippen molar-refractivity contribution in [2.45, 2.75) is 11.9 Å². The fraction of sp³-hybridized carbons (Fsp3) is 0.667. The number of carbonyl (C=O) groups is 1. The van der Waals surface area contributed by atoms with Gasteiger partial charge >= 0.3 is 103 Å². The Hall–Kier alpha value is 2.45. The Morgan fingerprint density at radius 2 is 1.62 bits per heavy atom. The number of hydrogen-bond acceptors (Lipinski definition) is 5. The van der Waals surface area contributed by atoms with E-state index >= 15 is 0 Å². The van der Waals surface area contributed by atoms with Crippen LogP contribution in [-0.2, 0) is 9.36 Å². The van der Waals surface area contributed by atoms with E-state index in [2.05, 4.69) is 0 Å². The van der Waals surface area contributed by atoms with Gasteiger partial charge in [-0.3, -0.25) is 0 Å². The van der Waals surface area contributed by atoms with Crippen molar-refractivity contribution in [3.63, 3.8) is 0 Å². The molecule has 0 aromatic carbocycles. The van der Waals surface area contributed by atoms with Crippen molar-refractivity contribution in [3.05, 3.63) is 0 Å². The summed E-state index contributed by atoms with van der Waals surface area (Å²) in [7, 11) is -3.31. The maximum absolute atomic E-state index is 9.81. The van der Waals surface area contributed by atoms with Crippen LogP contribution in [0.3, 0.4) is 0 Å². The summed E-state index contributed by atoms with van der Waals surface area (Å²) in [4.78, 5) is 19.6. The van der Waals surface area contributed by atoms with E-state index in [-0.39, 0.29) is 93.0 Å². The summed E-state index contributed by atoms with van der Waals surface area (Å²) < 4.78 is 9.81. The van der Waals surface area contributed by atoms with Gasteiger partial charge in [-0.25, -0.2) is 4.79 Å². The van der Waals surface area contributed by atoms with E-state index < -0.39 is 25.9 Å². The molecular weight excluding hydrogens is 232 g/mol. The third kappa shape index (κ3) is 10.7. The largest absolute Gasteiger partial charge is 1.00 e. The SMILES string of the molecule is O=C(O)C(O)C(O)[P+](=O)[O-].[H-].[H-].[H-].[Na+].[Na+].[Na+]. The van der Waals surface area contributed by atoms with Crippen molar-refractivity contribution in [3.8, 4) is 0 Å². The van der Waals surface area contributed by atoms with Crippen molar-refractivity contribution < 1.29 is 123 Å². The zero-order valence-electron chi connectivity index (χ0n) is 10.7. The van der Waals surface area contributed by atoms with E-state index in [9.17, 15) is 14.3 Å². The first kappa shape index (κ1) is 24.6. The minimum absolute atomic E-state index is 0. The van der Waals surface area contributed by atoms with Crippen molar-refractivity contribution in [1.29, 1.82) is 0 Å². The molecule has 10 heteroatoms. The summed E-state index contributed by atoms with van der Waals surface area (Å²) in [5.41, 5.74) is 0. The number of aliphatic carboxylic acids is 1. The van der Waals surface area contributed by atoms with Crippen molar-refractivity contribution in [1.82, 2.24) is 0 Å². The van der Waals surface area contributed by atoms with Crippen LogP contribution in [0.4, 0.5) is 0 Å². The Morgan fingerprint density at radius 1 is 1.31 bits per heavy atom. The molecule has 0 aliphatic rings. The molecule has 3 unspecified atom stereocenters. The second kappa shape index (κ2) is 12.5. The second-order valence-electron chi connectivity index (χ2n) is 1.48. The molecule has 0 aromatic heterocycles. The molecule has 0 bridgehead atoms. The second-order valence-corrected chi connectivity index (χ2v) is 2.58. The molecule has 13 heavy (non-hydrogen) atoms. The molecule has 0 saturated heterocycles. The van der Waals surface area contributed by atoms with E-state index in [1.807, 2.05) is 0 Å². The van der Waals surface area contributed by atoms with Gasteiger partial charge in [-0.2, -0.15) is 0 Å². The quantitative estimate of drug-likeness (QED) is 0.333. The summed E-state index contributed by atoms with van der Waals surface area (Å²) in [6.45, 7) is 0. The first-order valence-electron chi connectivity index (χ1n) is 2.19. The molecule has 6 nitrogen and oxygen atoms in total. The van der Waals surface area contributed by atoms with Crippen molar-refractivity contribution >= 4 is 14.0 Å². The van der Waals surface area contributed by atoms with Crippen LogP contribution < -0.4 is 93.6 Å². The molecule has 0 rings (SSSR count). The molecule has 0 aromatic rings. The first-order valence-corrected chi connectivity index (χ1v) is 3.44. The number of carboxylic acids is 1. The zero-order valence-corrected chi connectivity index (χ0v) is 14.6. The van der Waals surface area contributed by atoms with Gasteiger partial charge in [0, 0.05) is 0 Å². The minimum Gasteiger partial charge on any atom is -1.00 e. The maximum Gasteiger partial charge on any atom is 1.00 e. The average Bonchev–Trinajstić information content (AvgIpc) is 1.84. The molecule has 0 fully saturated rings. The summed E-state index contributed by atoms with van der Waals surface area (Å²) >= 11 is 0. The minimum atomic E-state index is -3.31. The van der Waals surface area contributed by atoms with Gasteiger partial charge in [0.2, 0.25) is 6.10 Å². The Bertz CT molecular complexity index is 158. The van der Waals surface area contributed by atoms with Gasteiger partial charge in [-0.1, -0.05) is 4.57 Å². The number of aliphatic hydroxyl groups is 2. The Morgan fingerprint density at radius 3 is 1.69 bits per heavy atom. The normalized spacial score (nSPS) is 13.6. The van der Waals surface area contributed by atoms with E-state index in [1.165, 1.54) is 0 Å². The van der Waals surface area contributed by atoms with E-state index in [4.69, 9.17) is 15.3 Å². The standard InChI is InChI=1S/C3H5O6P.3Na.3H/c4-1(2(5)6)3(7)10(8)9;;;;;;/h1,3-4,7H,(H,5,6);;;;;;/q;3*+1;3*-1. The van der Waals surface area contributed by atoms with E-state index in [0.717, 1.165) is 0 Å². The molecule has 0 heterocycles. The van der Waals surface area contributed by atoms with E-state index in [0.29, 0.717) is 0 Å². The Labute approximate surface area is 146 Å². The molecule has 64 valence electrons. The number of rotatable bonds is 3. The molecular formula is C3H8Na3O6P. The monoisotopic (exact) mass is 240 g/mol. The van der Waals surface area contributed by atoms with Crippen LogP contribution in [0.15, 0.2) is 0 Å². The van der Waals surface area contributed by atoms with Gasteiger partial charge in [-0.05, 0) is 0 Å². The predicted molar refractivity (Wildman–Crippen MR) is 30.6 cm³/mol. The number of hydrogen-bond donors (Lipinski definition) is 3. The van der Waals surface area contributed by atoms with Crippen LogP contribution in [0, 0.1) is 0 Å². The molecule has 3 N–H and O–H groups in total. The van der Waals surface area contributed by atoms with Crippen LogP contribution in [0.25, 0.3) is 0 Å². The average molecular weight is 240 g/mol. The zero-order chi connectivity index (χ0) is 8.31. The van der Waals surface area contributed by atoms with Crippen LogP contribution in [0.1, 0.15) is 4.28 Å². The maximum atomic E-state index is 9.81. The van der Waals surface area contributed by atoms with Crippen LogP contribution in [0.2, 0.25) is 0 Å². The van der Waals surface area contributed by atoms with Gasteiger partial charge < -0.3 is 24.5 Å². The third-order valence-corrected chi connectivity index (χ3v) is 1.47. The predicted octanol–water partition coefficient (Wildman–Crippen LogP) is -10.8. The van der Waals surface area contributed by atoms with E-state index in [1.54, 1.807) is 0 Å². The van der Waals surface area contributed by atoms with Crippen LogP contribution >= 0.6 is 8.03 Å². The van der Waals surface area contributed by atoms with Gasteiger partial charge in [-0.15, -0.1) is 0 Å². The fourth-order valence-corrected chi connectivity index (χ4v) is 0.601.